The molecule has 0 bridgehead atoms. The highest BCUT2D eigenvalue weighted by atomic mass is 16.5. The Hall–Kier alpha value is -1.88. The molecule has 5 nitrogen and oxygen atoms in total. The summed E-state index contributed by atoms with van der Waals surface area (Å²) >= 11 is 0. The molecule has 1 aliphatic heterocycles. The molecule has 100 valence electrons. The van der Waals surface area contributed by atoms with E-state index in [0.717, 1.165) is 36.1 Å². The van der Waals surface area contributed by atoms with E-state index in [1.807, 2.05) is 24.3 Å². The van der Waals surface area contributed by atoms with Crippen LogP contribution in [0.1, 0.15) is 24.6 Å². The van der Waals surface area contributed by atoms with Crippen molar-refractivity contribution < 1.29 is 4.74 Å². The molecule has 1 unspecified atom stereocenters. The standard InChI is InChI=1S/C14H18N4O/c1-19-12-6-4-10(5-7-12)13-16-14(18-17-13)11-3-2-8-15-9-11/h4-7,11,15H,2-3,8-9H2,1H3,(H,16,17,18). The van der Waals surface area contributed by atoms with Crippen molar-refractivity contribution in [1.29, 1.82) is 0 Å². The molecule has 0 spiro atoms. The molecule has 2 aromatic rings. The number of aromatic nitrogens is 3. The number of hydrogen-bond acceptors (Lipinski definition) is 4. The van der Waals surface area contributed by atoms with E-state index in [4.69, 9.17) is 4.74 Å². The van der Waals surface area contributed by atoms with E-state index >= 15 is 0 Å². The maximum absolute atomic E-state index is 5.15. The van der Waals surface area contributed by atoms with E-state index in [2.05, 4.69) is 20.5 Å². The van der Waals surface area contributed by atoms with Crippen molar-refractivity contribution in [2.45, 2.75) is 18.8 Å². The maximum atomic E-state index is 5.15. The first kappa shape index (κ1) is 12.2. The summed E-state index contributed by atoms with van der Waals surface area (Å²) in [6.07, 6.45) is 2.37. The van der Waals surface area contributed by atoms with Crippen LogP contribution in [0.15, 0.2) is 24.3 Å². The molecule has 0 aliphatic carbocycles. The fourth-order valence-electron chi connectivity index (χ4n) is 2.41. The van der Waals surface area contributed by atoms with E-state index in [-0.39, 0.29) is 0 Å². The minimum absolute atomic E-state index is 0.452. The first-order valence-corrected chi connectivity index (χ1v) is 6.64. The van der Waals surface area contributed by atoms with Crippen LogP contribution in [-0.2, 0) is 0 Å². The number of piperidine rings is 1. The number of rotatable bonds is 3. The molecule has 1 aromatic heterocycles. The number of nitrogens with one attached hydrogen (secondary N) is 2. The summed E-state index contributed by atoms with van der Waals surface area (Å²) in [7, 11) is 1.66. The Morgan fingerprint density at radius 3 is 2.79 bits per heavy atom. The lowest BCUT2D eigenvalue weighted by Crippen LogP contribution is -2.28. The molecule has 0 radical (unpaired) electrons. The first-order valence-electron chi connectivity index (χ1n) is 6.64. The summed E-state index contributed by atoms with van der Waals surface area (Å²) in [5, 5.41) is 10.8. The molecule has 2 N–H and O–H groups in total. The predicted octanol–water partition coefficient (Wildman–Crippen LogP) is 1.95. The van der Waals surface area contributed by atoms with E-state index in [0.29, 0.717) is 5.92 Å². The number of aromatic amines is 1. The Morgan fingerprint density at radius 2 is 2.11 bits per heavy atom. The average Bonchev–Trinajstić information content (AvgIpc) is 2.98. The van der Waals surface area contributed by atoms with Crippen LogP contribution in [0.2, 0.25) is 0 Å². The zero-order chi connectivity index (χ0) is 13.1. The highest BCUT2D eigenvalue weighted by Crippen LogP contribution is 2.23. The molecule has 1 saturated heterocycles. The van der Waals surface area contributed by atoms with Crippen molar-refractivity contribution in [2.75, 3.05) is 20.2 Å². The SMILES string of the molecule is COc1ccc(-c2n[nH]c(C3CCCNC3)n2)cc1. The van der Waals surface area contributed by atoms with Gasteiger partial charge in [0, 0.05) is 18.0 Å². The lowest BCUT2D eigenvalue weighted by molar-refractivity contribution is 0.415. The van der Waals surface area contributed by atoms with Gasteiger partial charge < -0.3 is 10.1 Å². The lowest BCUT2D eigenvalue weighted by Gasteiger charge is -2.20. The smallest absolute Gasteiger partial charge is 0.181 e. The minimum atomic E-state index is 0.452. The molecular formula is C14H18N4O. The van der Waals surface area contributed by atoms with Crippen LogP contribution < -0.4 is 10.1 Å². The number of benzene rings is 1. The van der Waals surface area contributed by atoms with Crippen LogP contribution in [0.5, 0.6) is 5.75 Å². The Balaban J connectivity index is 1.79. The molecule has 1 atom stereocenters. The van der Waals surface area contributed by atoms with Crippen LogP contribution in [0, 0.1) is 0 Å². The number of ether oxygens (including phenoxy) is 1. The van der Waals surface area contributed by atoms with Gasteiger partial charge in [-0.2, -0.15) is 5.10 Å². The highest BCUT2D eigenvalue weighted by Gasteiger charge is 2.19. The van der Waals surface area contributed by atoms with Gasteiger partial charge in [0.2, 0.25) is 0 Å². The highest BCUT2D eigenvalue weighted by molar-refractivity contribution is 5.55. The number of nitrogens with zero attached hydrogens (tertiary/aromatic N) is 2. The molecular weight excluding hydrogens is 240 g/mol. The Morgan fingerprint density at radius 1 is 1.26 bits per heavy atom. The topological polar surface area (TPSA) is 62.8 Å². The van der Waals surface area contributed by atoms with Gasteiger partial charge >= 0.3 is 0 Å². The molecule has 5 heteroatoms. The molecule has 19 heavy (non-hydrogen) atoms. The fraction of sp³-hybridized carbons (Fsp3) is 0.429. The van der Waals surface area contributed by atoms with Gasteiger partial charge in [0.05, 0.1) is 7.11 Å². The second-order valence-electron chi connectivity index (χ2n) is 4.82. The molecule has 1 fully saturated rings. The molecule has 1 aromatic carbocycles. The van der Waals surface area contributed by atoms with E-state index in [9.17, 15) is 0 Å². The van der Waals surface area contributed by atoms with Gasteiger partial charge in [-0.05, 0) is 43.7 Å². The van der Waals surface area contributed by atoms with Gasteiger partial charge in [-0.15, -0.1) is 0 Å². The van der Waals surface area contributed by atoms with Crippen LogP contribution in [0.3, 0.4) is 0 Å². The van der Waals surface area contributed by atoms with E-state index in [1.54, 1.807) is 7.11 Å². The van der Waals surface area contributed by atoms with Crippen molar-refractivity contribution in [2.24, 2.45) is 0 Å². The van der Waals surface area contributed by atoms with Crippen molar-refractivity contribution in [3.63, 3.8) is 0 Å². The maximum Gasteiger partial charge on any atom is 0.181 e. The Labute approximate surface area is 112 Å². The van der Waals surface area contributed by atoms with Crippen molar-refractivity contribution >= 4 is 0 Å². The third kappa shape index (κ3) is 2.61. The third-order valence-corrected chi connectivity index (χ3v) is 3.53. The number of methoxy groups -OCH3 is 1. The van der Waals surface area contributed by atoms with E-state index < -0.39 is 0 Å². The molecule has 1 aliphatic rings. The van der Waals surface area contributed by atoms with E-state index in [1.165, 1.54) is 12.8 Å². The Kier molecular flexibility index (Phi) is 3.46. The largest absolute Gasteiger partial charge is 0.497 e. The summed E-state index contributed by atoms with van der Waals surface area (Å²) in [5.41, 5.74) is 1.01. The third-order valence-electron chi connectivity index (χ3n) is 3.53. The van der Waals surface area contributed by atoms with Crippen molar-refractivity contribution in [3.8, 4) is 17.1 Å². The lowest BCUT2D eigenvalue weighted by atomic mass is 9.99. The molecule has 3 rings (SSSR count). The predicted molar refractivity (Wildman–Crippen MR) is 73.2 cm³/mol. The van der Waals surface area contributed by atoms with Gasteiger partial charge in [0.15, 0.2) is 5.82 Å². The monoisotopic (exact) mass is 258 g/mol. The number of H-pyrrole nitrogens is 1. The van der Waals surface area contributed by atoms with Gasteiger partial charge in [0.25, 0.3) is 0 Å². The quantitative estimate of drug-likeness (QED) is 0.883. The van der Waals surface area contributed by atoms with Crippen LogP contribution in [0.25, 0.3) is 11.4 Å². The van der Waals surface area contributed by atoms with Crippen LogP contribution in [0.4, 0.5) is 0 Å². The van der Waals surface area contributed by atoms with Crippen molar-refractivity contribution in [3.05, 3.63) is 30.1 Å². The normalized spacial score (nSPS) is 19.3. The van der Waals surface area contributed by atoms with Gasteiger partial charge in [-0.25, -0.2) is 4.98 Å². The van der Waals surface area contributed by atoms with Gasteiger partial charge in [0.1, 0.15) is 11.6 Å². The first-order chi connectivity index (χ1) is 9.36. The van der Waals surface area contributed by atoms with Crippen LogP contribution >= 0.6 is 0 Å². The van der Waals surface area contributed by atoms with Crippen LogP contribution in [-0.4, -0.2) is 35.4 Å². The second-order valence-corrected chi connectivity index (χ2v) is 4.82. The zero-order valence-corrected chi connectivity index (χ0v) is 11.0. The summed E-state index contributed by atoms with van der Waals surface area (Å²) in [4.78, 5) is 4.61. The second kappa shape index (κ2) is 5.40. The summed E-state index contributed by atoms with van der Waals surface area (Å²) in [5.74, 6) is 3.03. The van der Waals surface area contributed by atoms with Crippen molar-refractivity contribution in [1.82, 2.24) is 20.5 Å². The molecule has 2 heterocycles. The average molecular weight is 258 g/mol. The summed E-state index contributed by atoms with van der Waals surface area (Å²) in [6, 6.07) is 7.80. The Bertz CT molecular complexity index is 529. The zero-order valence-electron chi connectivity index (χ0n) is 11.0. The summed E-state index contributed by atoms with van der Waals surface area (Å²) in [6.45, 7) is 2.09. The molecule has 0 saturated carbocycles. The van der Waals surface area contributed by atoms with Gasteiger partial charge in [-0.3, -0.25) is 5.10 Å². The fourth-order valence-corrected chi connectivity index (χ4v) is 2.41. The number of hydrogen-bond donors (Lipinski definition) is 2. The minimum Gasteiger partial charge on any atom is -0.497 e. The van der Waals surface area contributed by atoms with Gasteiger partial charge in [-0.1, -0.05) is 0 Å². The molecule has 0 amide bonds. The summed E-state index contributed by atoms with van der Waals surface area (Å²) < 4.78 is 5.15.